The monoisotopic (exact) mass is 484 g/mol. The Bertz CT molecular complexity index is 1010. The highest BCUT2D eigenvalue weighted by Crippen LogP contribution is 2.68. The van der Waals surface area contributed by atoms with Crippen molar-refractivity contribution in [1.29, 1.82) is 0 Å². The van der Waals surface area contributed by atoms with E-state index in [1.165, 1.54) is 24.3 Å². The molecule has 0 saturated heterocycles. The first-order valence-corrected chi connectivity index (χ1v) is 13.8. The molecule has 4 aliphatic carbocycles. The third-order valence-electron chi connectivity index (χ3n) is 11.5. The fourth-order valence-corrected chi connectivity index (χ4v) is 9.46. The molecule has 35 heavy (non-hydrogen) atoms. The molecule has 4 aliphatic rings. The molecule has 8 atom stereocenters. The number of nitrogen functional groups attached to an aromatic ring is 1. The Balaban J connectivity index is 1.34. The summed E-state index contributed by atoms with van der Waals surface area (Å²) >= 11 is 0. The van der Waals surface area contributed by atoms with Gasteiger partial charge in [-0.2, -0.15) is 0 Å². The maximum absolute atomic E-state index is 14.8. The SMILES string of the molecule is Cc1ccc(N)c(N(N)CC(=O)C2CCC3C4CCC5(N)CC(C)CCC5(C)C4CCC23C)c1F. The maximum atomic E-state index is 14.8. The number of Topliss-reactive ketones (excluding diaryl/α,β-unsaturated/α-hetero) is 1. The lowest BCUT2D eigenvalue weighted by Crippen LogP contribution is -2.66. The van der Waals surface area contributed by atoms with Gasteiger partial charge in [-0.1, -0.05) is 33.3 Å². The van der Waals surface area contributed by atoms with E-state index in [2.05, 4.69) is 20.8 Å². The Kier molecular flexibility index (Phi) is 6.03. The highest BCUT2D eigenvalue weighted by Gasteiger charge is 2.64. The molecule has 0 bridgehead atoms. The zero-order valence-electron chi connectivity index (χ0n) is 22.1. The zero-order chi connectivity index (χ0) is 25.3. The third-order valence-corrected chi connectivity index (χ3v) is 11.5. The first-order chi connectivity index (χ1) is 16.4. The molecule has 4 saturated carbocycles. The van der Waals surface area contributed by atoms with E-state index in [9.17, 15) is 9.18 Å². The van der Waals surface area contributed by atoms with Crippen LogP contribution in [0.1, 0.15) is 84.1 Å². The van der Waals surface area contributed by atoms with Gasteiger partial charge in [0, 0.05) is 11.5 Å². The molecule has 194 valence electrons. The highest BCUT2D eigenvalue weighted by atomic mass is 19.1. The van der Waals surface area contributed by atoms with Gasteiger partial charge in [-0.05, 0) is 104 Å². The van der Waals surface area contributed by atoms with Gasteiger partial charge in [0.1, 0.15) is 5.69 Å². The number of rotatable bonds is 4. The summed E-state index contributed by atoms with van der Waals surface area (Å²) in [5.74, 6) is 8.49. The maximum Gasteiger partial charge on any atom is 0.157 e. The molecule has 1 aromatic rings. The van der Waals surface area contributed by atoms with Crippen LogP contribution in [0.3, 0.4) is 0 Å². The van der Waals surface area contributed by atoms with Crippen LogP contribution in [0, 0.1) is 53.2 Å². The number of hydrogen-bond acceptors (Lipinski definition) is 5. The summed E-state index contributed by atoms with van der Waals surface area (Å²) in [7, 11) is 0. The van der Waals surface area contributed by atoms with Crippen molar-refractivity contribution in [3.8, 4) is 0 Å². The molecule has 0 heterocycles. The van der Waals surface area contributed by atoms with E-state index in [-0.39, 0.29) is 46.0 Å². The summed E-state index contributed by atoms with van der Waals surface area (Å²) < 4.78 is 14.8. The number of fused-ring (bicyclic) bond motifs is 5. The van der Waals surface area contributed by atoms with E-state index in [1.807, 2.05) is 0 Å². The largest absolute Gasteiger partial charge is 0.397 e. The van der Waals surface area contributed by atoms with E-state index in [0.29, 0.717) is 23.3 Å². The average Bonchev–Trinajstić information content (AvgIpc) is 3.15. The molecule has 5 rings (SSSR count). The molecular formula is C29H45FN4O. The quantitative estimate of drug-likeness (QED) is 0.304. The Hall–Kier alpha value is -1.66. The van der Waals surface area contributed by atoms with Crippen LogP contribution in [-0.4, -0.2) is 17.9 Å². The molecule has 0 aliphatic heterocycles. The first kappa shape index (κ1) is 25.0. The van der Waals surface area contributed by atoms with Gasteiger partial charge in [0.05, 0.1) is 12.2 Å². The van der Waals surface area contributed by atoms with Crippen LogP contribution in [0.2, 0.25) is 0 Å². The number of carbonyl (C=O) groups excluding carboxylic acids is 1. The van der Waals surface area contributed by atoms with Gasteiger partial charge >= 0.3 is 0 Å². The molecule has 1 aromatic carbocycles. The summed E-state index contributed by atoms with van der Waals surface area (Å²) in [4.78, 5) is 13.6. The molecule has 4 fully saturated rings. The lowest BCUT2D eigenvalue weighted by Gasteiger charge is -2.65. The predicted octanol–water partition coefficient (Wildman–Crippen LogP) is 5.34. The molecule has 5 nitrogen and oxygen atoms in total. The standard InChI is InChI=1S/C29H45FN4O/c1-17-9-13-28(4)21-11-12-27(3)20(19(21)10-14-29(28,32)15-17)6-7-22(27)24(35)16-34(33)26-23(31)8-5-18(2)25(26)30/h5,8,17,19-22H,6-7,9-16,31-33H2,1-4H3. The molecule has 0 radical (unpaired) electrons. The smallest absolute Gasteiger partial charge is 0.157 e. The van der Waals surface area contributed by atoms with Crippen LogP contribution in [0.5, 0.6) is 0 Å². The van der Waals surface area contributed by atoms with Gasteiger partial charge in [-0.3, -0.25) is 9.80 Å². The number of hydrogen-bond donors (Lipinski definition) is 3. The Morgan fingerprint density at radius 3 is 2.57 bits per heavy atom. The summed E-state index contributed by atoms with van der Waals surface area (Å²) in [5.41, 5.74) is 14.2. The van der Waals surface area contributed by atoms with E-state index >= 15 is 0 Å². The number of nitrogens with two attached hydrogens (primary N) is 3. The van der Waals surface area contributed by atoms with Crippen molar-refractivity contribution in [1.82, 2.24) is 0 Å². The van der Waals surface area contributed by atoms with Gasteiger partial charge in [0.25, 0.3) is 0 Å². The summed E-state index contributed by atoms with van der Waals surface area (Å²) in [5, 5.41) is 1.23. The van der Waals surface area contributed by atoms with Crippen LogP contribution in [0.15, 0.2) is 12.1 Å². The third kappa shape index (κ3) is 3.65. The summed E-state index contributed by atoms with van der Waals surface area (Å²) in [6, 6.07) is 3.29. The fourth-order valence-electron chi connectivity index (χ4n) is 9.46. The molecular weight excluding hydrogens is 439 g/mol. The summed E-state index contributed by atoms with van der Waals surface area (Å²) in [6.07, 6.45) is 10.2. The van der Waals surface area contributed by atoms with Crippen molar-refractivity contribution >= 4 is 17.2 Å². The van der Waals surface area contributed by atoms with Crippen molar-refractivity contribution in [2.75, 3.05) is 17.3 Å². The van der Waals surface area contributed by atoms with Gasteiger partial charge < -0.3 is 11.5 Å². The molecule has 0 amide bonds. The normalized spacial score (nSPS) is 42.7. The van der Waals surface area contributed by atoms with Crippen LogP contribution in [-0.2, 0) is 4.79 Å². The molecule has 0 spiro atoms. The second kappa shape index (κ2) is 8.44. The minimum absolute atomic E-state index is 0.00679. The number of carbonyl (C=O) groups is 1. The number of halogens is 1. The topological polar surface area (TPSA) is 98.4 Å². The number of anilines is 2. The minimum atomic E-state index is -0.446. The number of hydrazine groups is 1. The van der Waals surface area contributed by atoms with Crippen molar-refractivity contribution < 1.29 is 9.18 Å². The number of benzene rings is 1. The Labute approximate surface area is 210 Å². The number of ketones is 1. The van der Waals surface area contributed by atoms with Crippen LogP contribution in [0.4, 0.5) is 15.8 Å². The minimum Gasteiger partial charge on any atom is -0.397 e. The van der Waals surface area contributed by atoms with Crippen LogP contribution < -0.4 is 22.3 Å². The molecule has 8 unspecified atom stereocenters. The lowest BCUT2D eigenvalue weighted by molar-refractivity contribution is -0.140. The van der Waals surface area contributed by atoms with E-state index in [1.54, 1.807) is 19.1 Å². The lowest BCUT2D eigenvalue weighted by atomic mass is 9.42. The van der Waals surface area contributed by atoms with Crippen LogP contribution >= 0.6 is 0 Å². The Morgan fingerprint density at radius 2 is 1.83 bits per heavy atom. The highest BCUT2D eigenvalue weighted by molar-refractivity contribution is 5.87. The number of aryl methyl sites for hydroxylation is 1. The van der Waals surface area contributed by atoms with Crippen molar-refractivity contribution in [2.24, 2.45) is 52.0 Å². The number of nitrogens with zero attached hydrogens (tertiary/aromatic N) is 1. The van der Waals surface area contributed by atoms with Gasteiger partial charge in [0.2, 0.25) is 0 Å². The zero-order valence-corrected chi connectivity index (χ0v) is 22.1. The molecule has 6 heteroatoms. The van der Waals surface area contributed by atoms with Crippen LogP contribution in [0.25, 0.3) is 0 Å². The van der Waals surface area contributed by atoms with E-state index in [4.69, 9.17) is 17.3 Å². The second-order valence-corrected chi connectivity index (χ2v) is 13.2. The molecule has 6 N–H and O–H groups in total. The summed E-state index contributed by atoms with van der Waals surface area (Å²) in [6.45, 7) is 8.88. The van der Waals surface area contributed by atoms with Crippen molar-refractivity contribution in [3.63, 3.8) is 0 Å². The predicted molar refractivity (Wildman–Crippen MR) is 140 cm³/mol. The van der Waals surface area contributed by atoms with E-state index in [0.717, 1.165) is 44.4 Å². The van der Waals surface area contributed by atoms with Gasteiger partial charge in [-0.25, -0.2) is 10.2 Å². The Morgan fingerprint density at radius 1 is 1.09 bits per heavy atom. The average molecular weight is 485 g/mol. The van der Waals surface area contributed by atoms with Gasteiger partial charge in [-0.15, -0.1) is 0 Å². The van der Waals surface area contributed by atoms with Crippen molar-refractivity contribution in [3.05, 3.63) is 23.5 Å². The first-order valence-electron chi connectivity index (χ1n) is 13.8. The van der Waals surface area contributed by atoms with Gasteiger partial charge in [0.15, 0.2) is 11.6 Å². The second-order valence-electron chi connectivity index (χ2n) is 13.2. The molecule has 0 aromatic heterocycles. The van der Waals surface area contributed by atoms with E-state index < -0.39 is 5.82 Å². The van der Waals surface area contributed by atoms with Crippen molar-refractivity contribution in [2.45, 2.75) is 91.0 Å². The fraction of sp³-hybridized carbons (Fsp3) is 0.759.